The molecule has 0 bridgehead atoms. The third-order valence-corrected chi connectivity index (χ3v) is 3.99. The van der Waals surface area contributed by atoms with Crippen molar-refractivity contribution in [2.24, 2.45) is 0 Å². The fourth-order valence-corrected chi connectivity index (χ4v) is 2.63. The Kier molecular flexibility index (Phi) is 6.96. The van der Waals surface area contributed by atoms with Crippen LogP contribution in [-0.2, 0) is 9.53 Å². The molecule has 1 aromatic carbocycles. The van der Waals surface area contributed by atoms with Crippen LogP contribution in [0.25, 0.3) is 0 Å². The van der Waals surface area contributed by atoms with Crippen LogP contribution in [0.5, 0.6) is 11.6 Å². The molecule has 0 radical (unpaired) electrons. The summed E-state index contributed by atoms with van der Waals surface area (Å²) in [5, 5.41) is 2.69. The average Bonchev–Trinajstić information content (AvgIpc) is 2.71. The van der Waals surface area contributed by atoms with Gasteiger partial charge in [-0.05, 0) is 31.2 Å². The van der Waals surface area contributed by atoms with E-state index in [1.54, 1.807) is 6.07 Å². The summed E-state index contributed by atoms with van der Waals surface area (Å²) >= 11 is 0. The molecular formula is C19H23FN4O4. The van der Waals surface area contributed by atoms with E-state index in [4.69, 9.17) is 14.2 Å². The van der Waals surface area contributed by atoms with Gasteiger partial charge in [0.05, 0.1) is 19.8 Å². The molecular weight excluding hydrogens is 367 g/mol. The first-order valence-electron chi connectivity index (χ1n) is 9.06. The van der Waals surface area contributed by atoms with Crippen LogP contribution in [0.15, 0.2) is 30.3 Å². The number of benzene rings is 1. The van der Waals surface area contributed by atoms with Crippen molar-refractivity contribution in [3.8, 4) is 11.6 Å². The van der Waals surface area contributed by atoms with E-state index in [-0.39, 0.29) is 24.9 Å². The van der Waals surface area contributed by atoms with Gasteiger partial charge in [-0.2, -0.15) is 4.98 Å². The Hall–Kier alpha value is -2.94. The summed E-state index contributed by atoms with van der Waals surface area (Å²) in [6.45, 7) is 5.13. The van der Waals surface area contributed by atoms with Crippen LogP contribution in [-0.4, -0.2) is 61.9 Å². The number of aromatic nitrogens is 2. The zero-order chi connectivity index (χ0) is 19.8. The number of nitrogens with zero attached hydrogens (tertiary/aromatic N) is 3. The highest BCUT2D eigenvalue weighted by Gasteiger charge is 2.14. The Morgan fingerprint density at radius 3 is 2.71 bits per heavy atom. The number of aryl methyl sites for hydroxylation is 1. The van der Waals surface area contributed by atoms with E-state index in [2.05, 4.69) is 20.2 Å². The highest BCUT2D eigenvalue weighted by atomic mass is 19.1. The normalized spacial score (nSPS) is 13.9. The maximum Gasteiger partial charge on any atom is 0.258 e. The van der Waals surface area contributed by atoms with Crippen molar-refractivity contribution in [1.29, 1.82) is 0 Å². The summed E-state index contributed by atoms with van der Waals surface area (Å²) in [6.07, 6.45) is 0. The zero-order valence-electron chi connectivity index (χ0n) is 15.7. The molecule has 2 heterocycles. The molecule has 0 aliphatic carbocycles. The summed E-state index contributed by atoms with van der Waals surface area (Å²) in [7, 11) is 0. The van der Waals surface area contributed by atoms with Gasteiger partial charge in [0.2, 0.25) is 5.88 Å². The van der Waals surface area contributed by atoms with E-state index in [1.807, 2.05) is 6.92 Å². The molecule has 1 fully saturated rings. The second kappa shape index (κ2) is 9.84. The maximum absolute atomic E-state index is 12.8. The molecule has 0 unspecified atom stereocenters. The van der Waals surface area contributed by atoms with Crippen LogP contribution in [0.2, 0.25) is 0 Å². The smallest absolute Gasteiger partial charge is 0.258 e. The van der Waals surface area contributed by atoms with E-state index in [1.165, 1.54) is 24.3 Å². The van der Waals surface area contributed by atoms with Gasteiger partial charge in [-0.3, -0.25) is 4.79 Å². The molecule has 3 rings (SSSR count). The van der Waals surface area contributed by atoms with Crippen molar-refractivity contribution in [1.82, 2.24) is 15.3 Å². The molecule has 1 N–H and O–H groups in total. The Bertz CT molecular complexity index is 782. The van der Waals surface area contributed by atoms with Crippen LogP contribution >= 0.6 is 0 Å². The zero-order valence-corrected chi connectivity index (χ0v) is 15.7. The van der Waals surface area contributed by atoms with Gasteiger partial charge in [0.25, 0.3) is 5.91 Å². The van der Waals surface area contributed by atoms with Gasteiger partial charge in [-0.15, -0.1) is 0 Å². The Morgan fingerprint density at radius 2 is 1.96 bits per heavy atom. The van der Waals surface area contributed by atoms with Gasteiger partial charge in [0, 0.05) is 19.2 Å². The summed E-state index contributed by atoms with van der Waals surface area (Å²) < 4.78 is 29.1. The molecule has 1 amide bonds. The molecule has 0 saturated carbocycles. The Balaban J connectivity index is 1.40. The predicted octanol–water partition coefficient (Wildman–Crippen LogP) is 1.33. The van der Waals surface area contributed by atoms with Gasteiger partial charge < -0.3 is 24.4 Å². The second-order valence-electron chi connectivity index (χ2n) is 6.15. The highest BCUT2D eigenvalue weighted by Crippen LogP contribution is 2.18. The summed E-state index contributed by atoms with van der Waals surface area (Å²) in [6, 6.07) is 7.27. The van der Waals surface area contributed by atoms with Gasteiger partial charge >= 0.3 is 0 Å². The molecule has 1 saturated heterocycles. The number of carbonyl (C=O) groups excluding carboxylic acids is 1. The highest BCUT2D eigenvalue weighted by molar-refractivity contribution is 5.77. The maximum atomic E-state index is 12.8. The predicted molar refractivity (Wildman–Crippen MR) is 100 cm³/mol. The Labute approximate surface area is 162 Å². The lowest BCUT2D eigenvalue weighted by atomic mass is 10.3. The van der Waals surface area contributed by atoms with E-state index in [0.717, 1.165) is 18.9 Å². The van der Waals surface area contributed by atoms with Gasteiger partial charge in [-0.1, -0.05) is 0 Å². The van der Waals surface area contributed by atoms with E-state index >= 15 is 0 Å². The molecule has 28 heavy (non-hydrogen) atoms. The lowest BCUT2D eigenvalue weighted by Gasteiger charge is -2.28. The minimum absolute atomic E-state index is 0.153. The molecule has 8 nitrogen and oxygen atoms in total. The SMILES string of the molecule is Cc1nc(OCCNC(=O)COc2ccc(F)cc2)cc(N2CCOCC2)n1. The number of halogens is 1. The van der Waals surface area contributed by atoms with Crippen LogP contribution < -0.4 is 19.7 Å². The van der Waals surface area contributed by atoms with Crippen LogP contribution in [0.3, 0.4) is 0 Å². The van der Waals surface area contributed by atoms with E-state index in [0.29, 0.717) is 37.2 Å². The molecule has 1 aliphatic rings. The van der Waals surface area contributed by atoms with Crippen molar-refractivity contribution in [3.05, 3.63) is 42.0 Å². The Morgan fingerprint density at radius 1 is 1.21 bits per heavy atom. The minimum Gasteiger partial charge on any atom is -0.484 e. The van der Waals surface area contributed by atoms with Crippen LogP contribution in [0.1, 0.15) is 5.82 Å². The standard InChI is InChI=1S/C19H23FN4O4/c1-14-22-17(24-7-10-26-11-8-24)12-19(23-14)27-9-6-21-18(25)13-28-16-4-2-15(20)3-5-16/h2-5,12H,6-11,13H2,1H3,(H,21,25). The lowest BCUT2D eigenvalue weighted by Crippen LogP contribution is -2.37. The average molecular weight is 390 g/mol. The first-order valence-corrected chi connectivity index (χ1v) is 9.06. The first kappa shape index (κ1) is 19.8. The molecule has 1 aliphatic heterocycles. The number of amides is 1. The van der Waals surface area contributed by atoms with Crippen molar-refractivity contribution in [3.63, 3.8) is 0 Å². The summed E-state index contributed by atoms with van der Waals surface area (Å²) in [5.74, 6) is 1.68. The number of rotatable bonds is 8. The van der Waals surface area contributed by atoms with Crippen LogP contribution in [0.4, 0.5) is 10.2 Å². The third kappa shape index (κ3) is 6.05. The van der Waals surface area contributed by atoms with Gasteiger partial charge in [0.15, 0.2) is 6.61 Å². The van der Waals surface area contributed by atoms with Crippen molar-refractivity contribution in [2.75, 3.05) is 51.0 Å². The number of anilines is 1. The molecule has 0 spiro atoms. The number of hydrogen-bond acceptors (Lipinski definition) is 7. The van der Waals surface area contributed by atoms with E-state index < -0.39 is 0 Å². The molecule has 2 aromatic rings. The number of morpholine rings is 1. The first-order chi connectivity index (χ1) is 13.6. The monoisotopic (exact) mass is 390 g/mol. The van der Waals surface area contributed by atoms with Gasteiger partial charge in [0.1, 0.15) is 29.8 Å². The fourth-order valence-electron chi connectivity index (χ4n) is 2.63. The van der Waals surface area contributed by atoms with Crippen molar-refractivity contribution >= 4 is 11.7 Å². The number of carbonyl (C=O) groups is 1. The number of nitrogens with one attached hydrogen (secondary N) is 1. The quantitative estimate of drug-likeness (QED) is 0.681. The van der Waals surface area contributed by atoms with Crippen molar-refractivity contribution in [2.45, 2.75) is 6.92 Å². The fraction of sp³-hybridized carbons (Fsp3) is 0.421. The largest absolute Gasteiger partial charge is 0.484 e. The molecule has 9 heteroatoms. The number of hydrogen-bond donors (Lipinski definition) is 1. The molecule has 150 valence electrons. The van der Waals surface area contributed by atoms with E-state index in [9.17, 15) is 9.18 Å². The summed E-state index contributed by atoms with van der Waals surface area (Å²) in [4.78, 5) is 22.6. The second-order valence-corrected chi connectivity index (χ2v) is 6.15. The molecule has 0 atom stereocenters. The number of ether oxygens (including phenoxy) is 3. The molecule has 1 aromatic heterocycles. The minimum atomic E-state index is -0.356. The third-order valence-electron chi connectivity index (χ3n) is 3.99. The van der Waals surface area contributed by atoms with Crippen molar-refractivity contribution < 1.29 is 23.4 Å². The van der Waals surface area contributed by atoms with Crippen LogP contribution in [0, 0.1) is 12.7 Å². The van der Waals surface area contributed by atoms with Gasteiger partial charge in [-0.25, -0.2) is 9.37 Å². The topological polar surface area (TPSA) is 85.8 Å². The summed E-state index contributed by atoms with van der Waals surface area (Å²) in [5.41, 5.74) is 0. The lowest BCUT2D eigenvalue weighted by molar-refractivity contribution is -0.123.